The summed E-state index contributed by atoms with van der Waals surface area (Å²) >= 11 is 0. The van der Waals surface area contributed by atoms with Gasteiger partial charge in [0.05, 0.1) is 27.3 Å². The highest BCUT2D eigenvalue weighted by Crippen LogP contribution is 2.25. The van der Waals surface area contributed by atoms with E-state index in [1.54, 1.807) is 38.5 Å². The van der Waals surface area contributed by atoms with Crippen LogP contribution in [0.2, 0.25) is 0 Å². The predicted molar refractivity (Wildman–Crippen MR) is 115 cm³/mol. The van der Waals surface area contributed by atoms with Crippen molar-refractivity contribution in [3.05, 3.63) is 53.6 Å². The van der Waals surface area contributed by atoms with E-state index < -0.39 is 0 Å². The van der Waals surface area contributed by atoms with E-state index in [-0.39, 0.29) is 12.5 Å². The van der Waals surface area contributed by atoms with Gasteiger partial charge in [0.25, 0.3) is 0 Å². The Bertz CT molecular complexity index is 903. The summed E-state index contributed by atoms with van der Waals surface area (Å²) in [5.74, 6) is 4.27. The van der Waals surface area contributed by atoms with Gasteiger partial charge >= 0.3 is 0 Å². The van der Waals surface area contributed by atoms with Crippen molar-refractivity contribution in [2.45, 2.75) is 13.5 Å². The highest BCUT2D eigenvalue weighted by molar-refractivity contribution is 5.95. The van der Waals surface area contributed by atoms with Crippen LogP contribution in [0, 0.1) is 12.3 Å². The number of ether oxygens (including phenoxy) is 2. The van der Waals surface area contributed by atoms with Gasteiger partial charge in [-0.25, -0.2) is 4.99 Å². The van der Waals surface area contributed by atoms with Gasteiger partial charge in [-0.3, -0.25) is 4.79 Å². The zero-order chi connectivity index (χ0) is 21.1. The lowest BCUT2D eigenvalue weighted by Gasteiger charge is -2.13. The van der Waals surface area contributed by atoms with Crippen LogP contribution in [0.1, 0.15) is 18.1 Å². The zero-order valence-electron chi connectivity index (χ0n) is 16.9. The fourth-order valence-electron chi connectivity index (χ4n) is 2.54. The summed E-state index contributed by atoms with van der Waals surface area (Å²) in [5, 5.41) is 8.94. The molecule has 152 valence electrons. The Labute approximate surface area is 171 Å². The molecule has 2 rings (SSSR count). The lowest BCUT2D eigenvalue weighted by atomic mass is 10.2. The number of anilines is 1. The van der Waals surface area contributed by atoms with Gasteiger partial charge in [-0.1, -0.05) is 12.0 Å². The van der Waals surface area contributed by atoms with Crippen molar-refractivity contribution in [1.82, 2.24) is 10.6 Å². The van der Waals surface area contributed by atoms with Crippen molar-refractivity contribution in [2.24, 2.45) is 4.99 Å². The van der Waals surface area contributed by atoms with Crippen molar-refractivity contribution >= 4 is 17.6 Å². The van der Waals surface area contributed by atoms with Crippen LogP contribution in [0.3, 0.4) is 0 Å². The molecule has 0 aliphatic carbocycles. The highest BCUT2D eigenvalue weighted by atomic mass is 16.5. The minimum atomic E-state index is -0.202. The van der Waals surface area contributed by atoms with Crippen LogP contribution in [0.15, 0.2) is 47.5 Å². The molecular weight excluding hydrogens is 368 g/mol. The predicted octanol–water partition coefficient (Wildman–Crippen LogP) is 2.38. The number of methoxy groups -OCH3 is 2. The Balaban J connectivity index is 1.98. The highest BCUT2D eigenvalue weighted by Gasteiger charge is 2.07. The number of guanidine groups is 1. The van der Waals surface area contributed by atoms with E-state index in [0.29, 0.717) is 41.8 Å². The number of rotatable bonds is 8. The summed E-state index contributed by atoms with van der Waals surface area (Å²) in [6.07, 6.45) is 5.38. The van der Waals surface area contributed by atoms with E-state index in [2.05, 4.69) is 26.9 Å². The molecule has 2 aromatic rings. The van der Waals surface area contributed by atoms with Gasteiger partial charge in [-0.05, 0) is 37.3 Å². The summed E-state index contributed by atoms with van der Waals surface area (Å²) in [7, 11) is 3.21. The minimum Gasteiger partial charge on any atom is -0.497 e. The number of carbonyl (C=O) groups is 1. The first-order chi connectivity index (χ1) is 14.1. The van der Waals surface area contributed by atoms with Gasteiger partial charge < -0.3 is 25.4 Å². The van der Waals surface area contributed by atoms with E-state index >= 15 is 0 Å². The Morgan fingerprint density at radius 1 is 1.14 bits per heavy atom. The Morgan fingerprint density at radius 2 is 1.97 bits per heavy atom. The second kappa shape index (κ2) is 11.2. The van der Waals surface area contributed by atoms with Crippen LogP contribution in [-0.2, 0) is 11.3 Å². The Morgan fingerprint density at radius 3 is 2.66 bits per heavy atom. The fraction of sp³-hybridized carbons (Fsp3) is 0.273. The van der Waals surface area contributed by atoms with Crippen LogP contribution >= 0.6 is 0 Å². The molecule has 0 unspecified atom stereocenters. The molecule has 0 aliphatic rings. The first-order valence-corrected chi connectivity index (χ1v) is 9.19. The Kier molecular flexibility index (Phi) is 8.39. The van der Waals surface area contributed by atoms with Crippen molar-refractivity contribution in [3.8, 4) is 23.8 Å². The molecule has 0 atom stereocenters. The van der Waals surface area contributed by atoms with Gasteiger partial charge in [0.2, 0.25) is 5.91 Å². The Hall–Kier alpha value is -3.66. The van der Waals surface area contributed by atoms with Gasteiger partial charge in [-0.2, -0.15) is 0 Å². The third-order valence-corrected chi connectivity index (χ3v) is 3.98. The van der Waals surface area contributed by atoms with E-state index in [1.807, 2.05) is 25.1 Å². The molecule has 0 bridgehead atoms. The second-order valence-corrected chi connectivity index (χ2v) is 6.00. The number of benzene rings is 2. The number of carbonyl (C=O) groups excluding carboxylic acids is 1. The summed E-state index contributed by atoms with van der Waals surface area (Å²) in [6, 6.07) is 12.7. The molecule has 1 amide bonds. The largest absolute Gasteiger partial charge is 0.497 e. The summed E-state index contributed by atoms with van der Waals surface area (Å²) in [4.78, 5) is 16.7. The SMILES string of the molecule is C#Cc1cccc(NC(=O)CNC(=NCc2ccc(OC)cc2OC)NCC)c1. The lowest BCUT2D eigenvalue weighted by Crippen LogP contribution is -2.41. The summed E-state index contributed by atoms with van der Waals surface area (Å²) in [6.45, 7) is 3.06. The van der Waals surface area contributed by atoms with Crippen LogP contribution in [-0.4, -0.2) is 39.2 Å². The standard InChI is InChI=1S/C22H26N4O3/c1-5-16-8-7-9-18(12-16)26-21(27)15-25-22(23-6-2)24-14-17-10-11-19(28-3)13-20(17)29-4/h1,7-13H,6,14-15H2,2-4H3,(H,26,27)(H2,23,24,25). The van der Waals surface area contributed by atoms with Gasteiger partial charge in [0.15, 0.2) is 5.96 Å². The van der Waals surface area contributed by atoms with Crippen LogP contribution in [0.4, 0.5) is 5.69 Å². The third-order valence-electron chi connectivity index (χ3n) is 3.98. The van der Waals surface area contributed by atoms with E-state index in [0.717, 1.165) is 5.56 Å². The fourth-order valence-corrected chi connectivity index (χ4v) is 2.54. The average molecular weight is 394 g/mol. The van der Waals surface area contributed by atoms with Gasteiger partial charge in [0, 0.05) is 29.4 Å². The number of nitrogens with one attached hydrogen (secondary N) is 3. The van der Waals surface area contributed by atoms with Gasteiger partial charge in [-0.15, -0.1) is 6.42 Å². The summed E-state index contributed by atoms with van der Waals surface area (Å²) < 4.78 is 10.6. The third kappa shape index (κ3) is 6.78. The quantitative estimate of drug-likeness (QED) is 0.364. The molecule has 0 aromatic heterocycles. The van der Waals surface area contributed by atoms with Crippen molar-refractivity contribution in [3.63, 3.8) is 0 Å². The topological polar surface area (TPSA) is 84.0 Å². The normalized spacial score (nSPS) is 10.6. The van der Waals surface area contributed by atoms with E-state index in [9.17, 15) is 4.79 Å². The molecule has 0 heterocycles. The maximum Gasteiger partial charge on any atom is 0.243 e. The molecule has 7 heteroatoms. The molecule has 29 heavy (non-hydrogen) atoms. The second-order valence-electron chi connectivity index (χ2n) is 6.00. The number of hydrogen-bond donors (Lipinski definition) is 3. The number of nitrogens with zero attached hydrogens (tertiary/aromatic N) is 1. The molecule has 0 saturated heterocycles. The number of terminal acetylenes is 1. The lowest BCUT2D eigenvalue weighted by molar-refractivity contribution is -0.115. The average Bonchev–Trinajstić information content (AvgIpc) is 2.75. The first kappa shape index (κ1) is 21.6. The monoisotopic (exact) mass is 394 g/mol. The zero-order valence-corrected chi connectivity index (χ0v) is 16.9. The van der Waals surface area contributed by atoms with E-state index in [1.165, 1.54) is 0 Å². The number of amides is 1. The maximum absolute atomic E-state index is 12.2. The number of hydrogen-bond acceptors (Lipinski definition) is 4. The van der Waals surface area contributed by atoms with E-state index in [4.69, 9.17) is 15.9 Å². The smallest absolute Gasteiger partial charge is 0.243 e. The molecule has 0 saturated carbocycles. The molecular formula is C22H26N4O3. The number of aliphatic imine (C=N–C) groups is 1. The maximum atomic E-state index is 12.2. The molecule has 2 aromatic carbocycles. The van der Waals surface area contributed by atoms with Gasteiger partial charge in [0.1, 0.15) is 11.5 Å². The molecule has 0 fully saturated rings. The summed E-state index contributed by atoms with van der Waals surface area (Å²) in [5.41, 5.74) is 2.26. The molecule has 3 N–H and O–H groups in total. The molecule has 0 radical (unpaired) electrons. The van der Waals surface area contributed by atoms with Crippen LogP contribution in [0.25, 0.3) is 0 Å². The molecule has 0 aliphatic heterocycles. The molecule has 7 nitrogen and oxygen atoms in total. The first-order valence-electron chi connectivity index (χ1n) is 9.19. The van der Waals surface area contributed by atoms with Crippen LogP contribution in [0.5, 0.6) is 11.5 Å². The minimum absolute atomic E-state index is 0.0614. The molecule has 0 spiro atoms. The van der Waals surface area contributed by atoms with Crippen LogP contribution < -0.4 is 25.4 Å². The van der Waals surface area contributed by atoms with Crippen molar-refractivity contribution < 1.29 is 14.3 Å². The van der Waals surface area contributed by atoms with Crippen molar-refractivity contribution in [2.75, 3.05) is 32.6 Å². The van der Waals surface area contributed by atoms with Crippen molar-refractivity contribution in [1.29, 1.82) is 0 Å².